The molecule has 0 atom stereocenters. The highest BCUT2D eigenvalue weighted by Gasteiger charge is 2.37. The number of nitrogens with one attached hydrogen (secondary N) is 4. The molecule has 6 rings (SSSR count). The highest BCUT2D eigenvalue weighted by atomic mass is 16.6. The van der Waals surface area contributed by atoms with E-state index in [0.29, 0.717) is 5.56 Å². The van der Waals surface area contributed by atoms with Gasteiger partial charge in [0.2, 0.25) is 0 Å². The highest BCUT2D eigenvalue weighted by molar-refractivity contribution is 5.60. The quantitative estimate of drug-likeness (QED) is 0.0906. The number of hydrogen-bond donors (Lipinski definition) is 4. The van der Waals surface area contributed by atoms with Crippen molar-refractivity contribution in [2.45, 2.75) is 77.0 Å². The minimum absolute atomic E-state index is 0.102. The molecule has 0 saturated carbocycles. The highest BCUT2D eigenvalue weighted by Crippen LogP contribution is 2.42. The molecule has 4 aromatic heterocycles. The number of H-pyrrole nitrogens is 4. The van der Waals surface area contributed by atoms with Gasteiger partial charge >= 0.3 is 0 Å². The Morgan fingerprint density at radius 3 is 1.35 bits per heavy atom. The lowest BCUT2D eigenvalue weighted by atomic mass is 9.83. The zero-order valence-electron chi connectivity index (χ0n) is 27.3. The summed E-state index contributed by atoms with van der Waals surface area (Å²) in [6, 6.07) is 18.3. The van der Waals surface area contributed by atoms with E-state index in [9.17, 15) is 20.2 Å². The number of nitro benzene ring substituents is 2. The van der Waals surface area contributed by atoms with Gasteiger partial charge in [-0.05, 0) is 104 Å². The van der Waals surface area contributed by atoms with Crippen molar-refractivity contribution in [2.75, 3.05) is 0 Å². The Morgan fingerprint density at radius 1 is 0.500 bits per heavy atom. The molecule has 0 saturated heterocycles. The third kappa shape index (κ3) is 4.74. The van der Waals surface area contributed by atoms with E-state index < -0.39 is 26.4 Å². The van der Waals surface area contributed by atoms with Gasteiger partial charge in [-0.2, -0.15) is 0 Å². The van der Waals surface area contributed by atoms with Crippen LogP contribution in [0.1, 0.15) is 112 Å². The van der Waals surface area contributed by atoms with Crippen molar-refractivity contribution in [3.8, 4) is 11.8 Å². The van der Waals surface area contributed by atoms with Crippen molar-refractivity contribution in [3.05, 3.63) is 138 Å². The second kappa shape index (κ2) is 10.1. The first-order chi connectivity index (χ1) is 21.4. The summed E-state index contributed by atoms with van der Waals surface area (Å²) in [7, 11) is 0. The van der Waals surface area contributed by atoms with Gasteiger partial charge in [-0.25, -0.2) is 0 Å². The van der Waals surface area contributed by atoms with Crippen LogP contribution in [-0.2, 0) is 21.7 Å². The first kappa shape index (κ1) is 30.7. The SMILES string of the molecule is CC1(C)c2ccc([nH]2)C(C)(C)c2ccc([nH]2)C(C)(C)c2[nH]c(cc2C#Cc2ccc([N+](=O)[O-])cc2[N+](=O)[O-])C(C)(C)c2ccc1[nH]2. The van der Waals surface area contributed by atoms with E-state index in [0.717, 1.165) is 51.6 Å². The number of aromatic amines is 4. The van der Waals surface area contributed by atoms with Gasteiger partial charge in [-0.1, -0.05) is 11.8 Å². The van der Waals surface area contributed by atoms with E-state index >= 15 is 0 Å². The van der Waals surface area contributed by atoms with Crippen LogP contribution in [-0.4, -0.2) is 29.8 Å². The van der Waals surface area contributed by atoms with Crippen LogP contribution in [0.3, 0.4) is 0 Å². The summed E-state index contributed by atoms with van der Waals surface area (Å²) in [4.78, 5) is 36.7. The third-order valence-corrected chi connectivity index (χ3v) is 9.93. The fraction of sp³-hybridized carbons (Fsp3) is 0.333. The summed E-state index contributed by atoms with van der Waals surface area (Å²) >= 11 is 0. The van der Waals surface area contributed by atoms with Crippen molar-refractivity contribution < 1.29 is 9.85 Å². The van der Waals surface area contributed by atoms with Crippen LogP contribution in [0, 0.1) is 32.1 Å². The minimum atomic E-state index is -0.653. The van der Waals surface area contributed by atoms with E-state index in [1.807, 2.05) is 6.07 Å². The van der Waals surface area contributed by atoms with Gasteiger partial charge in [0.25, 0.3) is 11.4 Å². The smallest absolute Gasteiger partial charge is 0.291 e. The number of nitro groups is 2. The molecular formula is C36H38N6O4. The first-order valence-electron chi connectivity index (χ1n) is 15.2. The molecule has 10 nitrogen and oxygen atoms in total. The molecule has 0 radical (unpaired) electrons. The average molecular weight is 619 g/mol. The molecule has 236 valence electrons. The van der Waals surface area contributed by atoms with Crippen molar-refractivity contribution in [2.24, 2.45) is 0 Å². The van der Waals surface area contributed by atoms with Crippen LogP contribution in [0.2, 0.25) is 0 Å². The van der Waals surface area contributed by atoms with Gasteiger partial charge in [0.1, 0.15) is 5.56 Å². The third-order valence-electron chi connectivity index (χ3n) is 9.93. The van der Waals surface area contributed by atoms with Crippen LogP contribution in [0.5, 0.6) is 0 Å². The molecule has 1 aliphatic heterocycles. The molecule has 5 aromatic rings. The topological polar surface area (TPSA) is 149 Å². The van der Waals surface area contributed by atoms with Gasteiger partial charge in [0, 0.05) is 78.8 Å². The van der Waals surface area contributed by atoms with Crippen molar-refractivity contribution >= 4 is 11.4 Å². The van der Waals surface area contributed by atoms with Gasteiger partial charge in [0.05, 0.1) is 15.9 Å². The molecule has 1 aliphatic rings. The normalized spacial score (nSPS) is 17.1. The molecule has 10 heteroatoms. The number of non-ortho nitro benzene ring substituents is 1. The molecule has 0 aliphatic carbocycles. The van der Waals surface area contributed by atoms with E-state index in [-0.39, 0.29) is 22.1 Å². The molecule has 8 bridgehead atoms. The van der Waals surface area contributed by atoms with Gasteiger partial charge in [0.15, 0.2) is 0 Å². The summed E-state index contributed by atoms with van der Waals surface area (Å²) in [6.45, 7) is 17.3. The van der Waals surface area contributed by atoms with E-state index in [4.69, 9.17) is 0 Å². The summed E-state index contributed by atoms with van der Waals surface area (Å²) < 4.78 is 0. The molecule has 4 N–H and O–H groups in total. The predicted octanol–water partition coefficient (Wildman–Crippen LogP) is 7.83. The largest absolute Gasteiger partial charge is 0.361 e. The fourth-order valence-corrected chi connectivity index (χ4v) is 6.35. The standard InChI is InChI=1S/C36H38N6O4/c1-33(2)25-13-14-26(37-25)34(3,4)28-17-18-30(39-28)36(7,8)32-22(19-31(40-32)35(5,6)29-16-15-27(33)38-29)10-9-21-11-12-23(41(43)44)20-24(21)42(45)46/h11-20,37-40H,1-8H3. The molecule has 46 heavy (non-hydrogen) atoms. The molecular weight excluding hydrogens is 580 g/mol. The monoisotopic (exact) mass is 618 g/mol. The molecule has 0 fully saturated rings. The molecule has 0 amide bonds. The lowest BCUT2D eigenvalue weighted by Crippen LogP contribution is -2.26. The van der Waals surface area contributed by atoms with Crippen LogP contribution in [0.25, 0.3) is 0 Å². The second-order valence-corrected chi connectivity index (χ2v) is 14.3. The van der Waals surface area contributed by atoms with E-state index in [2.05, 4.69) is 124 Å². The number of nitrogens with zero attached hydrogens (tertiary/aromatic N) is 2. The van der Waals surface area contributed by atoms with Crippen LogP contribution >= 0.6 is 0 Å². The lowest BCUT2D eigenvalue weighted by Gasteiger charge is -2.28. The number of aromatic nitrogens is 4. The number of fused-ring (bicyclic) bond motifs is 8. The molecule has 0 unspecified atom stereocenters. The first-order valence-corrected chi connectivity index (χ1v) is 15.2. The maximum Gasteiger partial charge on any atom is 0.291 e. The Bertz CT molecular complexity index is 2090. The fourth-order valence-electron chi connectivity index (χ4n) is 6.35. The predicted molar refractivity (Wildman–Crippen MR) is 177 cm³/mol. The number of hydrogen-bond acceptors (Lipinski definition) is 4. The maximum atomic E-state index is 11.8. The Labute approximate surface area is 267 Å². The Kier molecular flexibility index (Phi) is 6.75. The maximum absolute atomic E-state index is 11.8. The Hall–Kier alpha value is -5.30. The number of benzene rings is 1. The number of rotatable bonds is 2. The van der Waals surface area contributed by atoms with Crippen molar-refractivity contribution in [1.82, 2.24) is 19.9 Å². The summed E-state index contributed by atoms with van der Waals surface area (Å²) in [6.07, 6.45) is 0. The van der Waals surface area contributed by atoms with Gasteiger partial charge < -0.3 is 19.9 Å². The van der Waals surface area contributed by atoms with E-state index in [1.165, 1.54) is 12.1 Å². The van der Waals surface area contributed by atoms with Crippen LogP contribution in [0.4, 0.5) is 11.4 Å². The Morgan fingerprint density at radius 2 is 0.913 bits per heavy atom. The molecule has 1 aromatic carbocycles. The van der Waals surface area contributed by atoms with Gasteiger partial charge in [-0.3, -0.25) is 20.2 Å². The minimum Gasteiger partial charge on any atom is -0.361 e. The van der Waals surface area contributed by atoms with Crippen LogP contribution < -0.4 is 0 Å². The lowest BCUT2D eigenvalue weighted by molar-refractivity contribution is -0.394. The van der Waals surface area contributed by atoms with Crippen LogP contribution in [0.15, 0.2) is 60.7 Å². The molecule has 5 heterocycles. The summed E-state index contributed by atoms with van der Waals surface area (Å²) in [5, 5.41) is 23.1. The summed E-state index contributed by atoms with van der Waals surface area (Å²) in [5.74, 6) is 6.16. The zero-order chi connectivity index (χ0) is 33.4. The van der Waals surface area contributed by atoms with Gasteiger partial charge in [-0.15, -0.1) is 0 Å². The second-order valence-electron chi connectivity index (χ2n) is 14.3. The van der Waals surface area contributed by atoms with Crippen molar-refractivity contribution in [3.63, 3.8) is 0 Å². The summed E-state index contributed by atoms with van der Waals surface area (Å²) in [5.41, 5.74) is 6.40. The van der Waals surface area contributed by atoms with E-state index in [1.54, 1.807) is 0 Å². The zero-order valence-corrected chi connectivity index (χ0v) is 27.3. The van der Waals surface area contributed by atoms with Crippen molar-refractivity contribution in [1.29, 1.82) is 0 Å². The molecule has 0 spiro atoms. The average Bonchev–Trinajstić information content (AvgIpc) is 3.80. The Balaban J connectivity index is 1.58.